The molecule has 1 aliphatic heterocycles. The molecule has 1 atom stereocenters. The van der Waals surface area contributed by atoms with Crippen LogP contribution in [0.25, 0.3) is 0 Å². The molecule has 1 unspecified atom stereocenters. The number of benzene rings is 2. The molecule has 112 valence electrons. The summed E-state index contributed by atoms with van der Waals surface area (Å²) in [6.45, 7) is 5.17. The lowest BCUT2D eigenvalue weighted by atomic mass is 10.1. The van der Waals surface area contributed by atoms with Crippen LogP contribution in [-0.2, 0) is 13.0 Å². The molecule has 0 fully saturated rings. The zero-order valence-electron chi connectivity index (χ0n) is 12.9. The van der Waals surface area contributed by atoms with Gasteiger partial charge in [0.25, 0.3) is 0 Å². The number of hydrogen-bond donors (Lipinski definition) is 1. The van der Waals surface area contributed by atoms with Crippen molar-refractivity contribution < 1.29 is 0 Å². The van der Waals surface area contributed by atoms with Gasteiger partial charge in [-0.25, -0.2) is 0 Å². The molecular weight excluding hydrogens is 270 g/mol. The van der Waals surface area contributed by atoms with Gasteiger partial charge in [0.1, 0.15) is 0 Å². The van der Waals surface area contributed by atoms with Crippen LogP contribution in [-0.4, -0.2) is 19.1 Å². The van der Waals surface area contributed by atoms with Gasteiger partial charge in [-0.15, -0.1) is 0 Å². The van der Waals surface area contributed by atoms with E-state index in [9.17, 15) is 0 Å². The minimum absolute atomic E-state index is 0.474. The highest BCUT2D eigenvalue weighted by Crippen LogP contribution is 2.28. The van der Waals surface area contributed by atoms with Gasteiger partial charge in [-0.3, -0.25) is 0 Å². The number of hydrogen-bond acceptors (Lipinski definition) is 3. The standard InChI is InChI=1S/C19H21N3/c1-15(22-11-10-18-4-2-3-5-19(18)22)13-21-14-17-8-6-16(12-20)7-9-17/h2-9,15,21H,10-11,13-14H2,1H3. The van der Waals surface area contributed by atoms with Crippen LogP contribution in [0.4, 0.5) is 5.69 Å². The summed E-state index contributed by atoms with van der Waals surface area (Å²) in [6.07, 6.45) is 1.15. The molecule has 2 aromatic carbocycles. The minimum atomic E-state index is 0.474. The van der Waals surface area contributed by atoms with Crippen molar-refractivity contribution in [2.45, 2.75) is 25.9 Å². The SMILES string of the molecule is CC(CNCc1ccc(C#N)cc1)N1CCc2ccccc21. The van der Waals surface area contributed by atoms with Crippen LogP contribution >= 0.6 is 0 Å². The zero-order valence-corrected chi connectivity index (χ0v) is 12.9. The summed E-state index contributed by atoms with van der Waals surface area (Å²) >= 11 is 0. The highest BCUT2D eigenvalue weighted by molar-refractivity contribution is 5.58. The van der Waals surface area contributed by atoms with E-state index in [2.05, 4.69) is 47.5 Å². The van der Waals surface area contributed by atoms with Gasteiger partial charge in [0.15, 0.2) is 0 Å². The molecular formula is C19H21N3. The molecule has 3 heteroatoms. The Morgan fingerprint density at radius 2 is 1.95 bits per heavy atom. The van der Waals surface area contributed by atoms with E-state index >= 15 is 0 Å². The quantitative estimate of drug-likeness (QED) is 0.920. The molecule has 0 spiro atoms. The molecule has 3 nitrogen and oxygen atoms in total. The average Bonchev–Trinajstić information content (AvgIpc) is 2.99. The normalized spacial score (nSPS) is 14.5. The zero-order chi connectivity index (χ0) is 15.4. The smallest absolute Gasteiger partial charge is 0.0991 e. The molecule has 0 aliphatic carbocycles. The fourth-order valence-electron chi connectivity index (χ4n) is 3.05. The first-order valence-corrected chi connectivity index (χ1v) is 7.82. The van der Waals surface area contributed by atoms with E-state index in [1.807, 2.05) is 24.3 Å². The van der Waals surface area contributed by atoms with Crippen LogP contribution in [0.2, 0.25) is 0 Å². The van der Waals surface area contributed by atoms with Crippen LogP contribution in [0.3, 0.4) is 0 Å². The van der Waals surface area contributed by atoms with Crippen molar-refractivity contribution >= 4 is 5.69 Å². The minimum Gasteiger partial charge on any atom is -0.367 e. The van der Waals surface area contributed by atoms with E-state index in [4.69, 9.17) is 5.26 Å². The first-order valence-electron chi connectivity index (χ1n) is 7.82. The molecule has 0 saturated carbocycles. The summed E-state index contributed by atoms with van der Waals surface area (Å²) in [5.74, 6) is 0. The summed E-state index contributed by atoms with van der Waals surface area (Å²) in [5, 5.41) is 12.3. The van der Waals surface area contributed by atoms with Gasteiger partial charge in [-0.2, -0.15) is 5.26 Å². The fourth-order valence-corrected chi connectivity index (χ4v) is 3.05. The van der Waals surface area contributed by atoms with Crippen molar-refractivity contribution in [1.82, 2.24) is 5.32 Å². The predicted octanol–water partition coefficient (Wildman–Crippen LogP) is 3.10. The van der Waals surface area contributed by atoms with E-state index in [1.165, 1.54) is 16.8 Å². The third kappa shape index (κ3) is 3.13. The summed E-state index contributed by atoms with van der Waals surface area (Å²) in [6, 6.07) is 19.1. The number of para-hydroxylation sites is 1. The number of fused-ring (bicyclic) bond motifs is 1. The Kier molecular flexibility index (Phi) is 4.41. The third-order valence-electron chi connectivity index (χ3n) is 4.31. The Morgan fingerprint density at radius 1 is 1.18 bits per heavy atom. The fraction of sp³-hybridized carbons (Fsp3) is 0.316. The van der Waals surface area contributed by atoms with Gasteiger partial charge in [0.05, 0.1) is 11.6 Å². The maximum atomic E-state index is 8.81. The average molecular weight is 291 g/mol. The summed E-state index contributed by atoms with van der Waals surface area (Å²) < 4.78 is 0. The van der Waals surface area contributed by atoms with Gasteiger partial charge < -0.3 is 10.2 Å². The second kappa shape index (κ2) is 6.64. The first-order chi connectivity index (χ1) is 10.8. The first kappa shape index (κ1) is 14.6. The van der Waals surface area contributed by atoms with Gasteiger partial charge in [0.2, 0.25) is 0 Å². The lowest BCUT2D eigenvalue weighted by Crippen LogP contribution is -2.39. The largest absolute Gasteiger partial charge is 0.367 e. The van der Waals surface area contributed by atoms with Crippen LogP contribution < -0.4 is 10.2 Å². The summed E-state index contributed by atoms with van der Waals surface area (Å²) in [4.78, 5) is 2.49. The number of nitrogens with zero attached hydrogens (tertiary/aromatic N) is 2. The van der Waals surface area contributed by atoms with Crippen LogP contribution in [0.1, 0.15) is 23.6 Å². The van der Waals surface area contributed by atoms with E-state index in [0.29, 0.717) is 11.6 Å². The molecule has 3 rings (SSSR count). The molecule has 0 bridgehead atoms. The molecule has 1 aliphatic rings. The number of nitrogens with one attached hydrogen (secondary N) is 1. The van der Waals surface area contributed by atoms with Gasteiger partial charge in [-0.1, -0.05) is 30.3 Å². The lowest BCUT2D eigenvalue weighted by Gasteiger charge is -2.27. The summed E-state index contributed by atoms with van der Waals surface area (Å²) in [5.41, 5.74) is 4.77. The molecule has 1 heterocycles. The highest BCUT2D eigenvalue weighted by atomic mass is 15.2. The van der Waals surface area contributed by atoms with E-state index in [1.54, 1.807) is 0 Å². The number of nitriles is 1. The van der Waals surface area contributed by atoms with Crippen molar-refractivity contribution in [2.75, 3.05) is 18.0 Å². The van der Waals surface area contributed by atoms with Crippen LogP contribution in [0, 0.1) is 11.3 Å². The highest BCUT2D eigenvalue weighted by Gasteiger charge is 2.22. The maximum absolute atomic E-state index is 8.81. The van der Waals surface area contributed by atoms with Crippen molar-refractivity contribution in [3.63, 3.8) is 0 Å². The Bertz CT molecular complexity index is 670. The second-order valence-electron chi connectivity index (χ2n) is 5.86. The second-order valence-corrected chi connectivity index (χ2v) is 5.86. The molecule has 1 N–H and O–H groups in total. The molecule has 0 radical (unpaired) electrons. The van der Waals surface area contributed by atoms with Gasteiger partial charge in [0, 0.05) is 31.4 Å². The summed E-state index contributed by atoms with van der Waals surface area (Å²) in [7, 11) is 0. The molecule has 0 amide bonds. The van der Waals surface area contributed by atoms with E-state index < -0.39 is 0 Å². The van der Waals surface area contributed by atoms with Crippen LogP contribution in [0.15, 0.2) is 48.5 Å². The lowest BCUT2D eigenvalue weighted by molar-refractivity contribution is 0.571. The number of anilines is 1. The van der Waals surface area contributed by atoms with E-state index in [-0.39, 0.29) is 0 Å². The predicted molar refractivity (Wildman–Crippen MR) is 89.8 cm³/mol. The Labute approximate surface area is 132 Å². The molecule has 0 saturated heterocycles. The van der Waals surface area contributed by atoms with Gasteiger partial charge >= 0.3 is 0 Å². The number of rotatable bonds is 5. The third-order valence-corrected chi connectivity index (χ3v) is 4.31. The van der Waals surface area contributed by atoms with Crippen LogP contribution in [0.5, 0.6) is 0 Å². The topological polar surface area (TPSA) is 39.1 Å². The van der Waals surface area contributed by atoms with E-state index in [0.717, 1.165) is 26.1 Å². The monoisotopic (exact) mass is 291 g/mol. The molecule has 0 aromatic heterocycles. The van der Waals surface area contributed by atoms with Gasteiger partial charge in [-0.05, 0) is 42.7 Å². The Balaban J connectivity index is 1.53. The van der Waals surface area contributed by atoms with Crippen molar-refractivity contribution in [1.29, 1.82) is 5.26 Å². The molecule has 22 heavy (non-hydrogen) atoms. The molecule has 2 aromatic rings. The van der Waals surface area contributed by atoms with Crippen molar-refractivity contribution in [3.8, 4) is 6.07 Å². The maximum Gasteiger partial charge on any atom is 0.0991 e. The Hall–Kier alpha value is -2.31. The van der Waals surface area contributed by atoms with Crippen molar-refractivity contribution in [2.24, 2.45) is 0 Å². The Morgan fingerprint density at radius 3 is 2.73 bits per heavy atom. The van der Waals surface area contributed by atoms with Crippen molar-refractivity contribution in [3.05, 3.63) is 65.2 Å².